The van der Waals surface area contributed by atoms with Crippen LogP contribution in [0.5, 0.6) is 11.5 Å². The van der Waals surface area contributed by atoms with Crippen LogP contribution in [0, 0.1) is 5.82 Å². The Hall–Kier alpha value is -2.55. The second-order valence-corrected chi connectivity index (χ2v) is 6.28. The molecule has 1 aliphatic rings. The first-order valence-corrected chi connectivity index (χ1v) is 7.60. The number of hydrogen-bond donors (Lipinski definition) is 2. The van der Waals surface area contributed by atoms with Crippen LogP contribution >= 0.6 is 0 Å². The van der Waals surface area contributed by atoms with Gasteiger partial charge in [-0.3, -0.25) is 4.79 Å². The molecule has 2 N–H and O–H groups in total. The molecule has 0 saturated carbocycles. The molecular weight excluding hydrogens is 315 g/mol. The van der Waals surface area contributed by atoms with Crippen molar-refractivity contribution in [3.63, 3.8) is 0 Å². The summed E-state index contributed by atoms with van der Waals surface area (Å²) in [7, 11) is -2.76. The fourth-order valence-electron chi connectivity index (χ4n) is 2.33. The van der Waals surface area contributed by atoms with Crippen molar-refractivity contribution in [1.29, 1.82) is 0 Å². The summed E-state index contributed by atoms with van der Waals surface area (Å²) >= 11 is 0. The third kappa shape index (κ3) is 2.10. The molecule has 1 saturated heterocycles. The lowest BCUT2D eigenvalue weighted by atomic mass is 10.1. The molecule has 1 aliphatic heterocycles. The van der Waals surface area contributed by atoms with E-state index < -0.39 is 39.9 Å². The van der Waals surface area contributed by atoms with Crippen molar-refractivity contribution in [1.82, 2.24) is 4.72 Å². The number of phenolic OH excluding ortho intramolecular Hbond substituents is 1. The molecule has 0 aliphatic carbocycles. The van der Waals surface area contributed by atoms with E-state index in [0.717, 1.165) is 0 Å². The summed E-state index contributed by atoms with van der Waals surface area (Å²) in [5.41, 5.74) is -0.559. The molecule has 0 aromatic heterocycles. The normalized spacial score (nSPS) is 16.8. The number of carbonyl (C=O) groups excluding carboxylic acids is 1. The number of aromatic hydroxyl groups is 1. The average molecular weight is 326 g/mol. The van der Waals surface area contributed by atoms with Gasteiger partial charge in [-0.1, -0.05) is 0 Å². The van der Waals surface area contributed by atoms with Gasteiger partial charge in [0, 0.05) is 5.39 Å². The first kappa shape index (κ1) is 14.4. The van der Waals surface area contributed by atoms with E-state index in [4.69, 9.17) is 4.74 Å². The Balaban J connectivity index is 2.25. The number of nitrogens with zero attached hydrogens (tertiary/aromatic N) is 1. The zero-order valence-corrected chi connectivity index (χ0v) is 12.1. The maximum absolute atomic E-state index is 14.6. The molecule has 2 aromatic carbocycles. The van der Waals surface area contributed by atoms with E-state index in [2.05, 4.69) is 0 Å². The van der Waals surface area contributed by atoms with Crippen LogP contribution in [0.3, 0.4) is 0 Å². The Bertz CT molecular complexity index is 897. The second-order valence-electron chi connectivity index (χ2n) is 4.68. The number of fused-ring (bicyclic) bond motifs is 1. The molecule has 3 rings (SSSR count). The number of nitrogens with one attached hydrogen (secondary N) is 1. The van der Waals surface area contributed by atoms with Crippen LogP contribution in [0.4, 0.5) is 10.1 Å². The van der Waals surface area contributed by atoms with Crippen molar-refractivity contribution in [2.45, 2.75) is 0 Å². The smallest absolute Gasteiger partial charge is 0.326 e. The molecule has 1 heterocycles. The summed E-state index contributed by atoms with van der Waals surface area (Å²) < 4.78 is 45.5. The largest absolute Gasteiger partial charge is 0.506 e. The Morgan fingerprint density at radius 3 is 2.68 bits per heavy atom. The van der Waals surface area contributed by atoms with Gasteiger partial charge in [0.05, 0.1) is 7.11 Å². The average Bonchev–Trinajstić information content (AvgIpc) is 2.71. The third-order valence-corrected chi connectivity index (χ3v) is 4.69. The van der Waals surface area contributed by atoms with Gasteiger partial charge in [-0.25, -0.2) is 13.4 Å². The highest BCUT2D eigenvalue weighted by Crippen LogP contribution is 2.39. The van der Waals surface area contributed by atoms with Crippen molar-refractivity contribution in [2.75, 3.05) is 18.0 Å². The van der Waals surface area contributed by atoms with Crippen molar-refractivity contribution >= 4 is 32.6 Å². The maximum Gasteiger partial charge on any atom is 0.326 e. The summed E-state index contributed by atoms with van der Waals surface area (Å²) in [5, 5.41) is 10.4. The Morgan fingerprint density at radius 2 is 2.09 bits per heavy atom. The molecule has 0 radical (unpaired) electrons. The van der Waals surface area contributed by atoms with Crippen molar-refractivity contribution < 1.29 is 27.4 Å². The molecule has 1 amide bonds. The van der Waals surface area contributed by atoms with E-state index in [1.54, 1.807) is 4.72 Å². The number of rotatable bonds is 2. The fourth-order valence-corrected chi connectivity index (χ4v) is 3.49. The fraction of sp³-hybridized carbons (Fsp3) is 0.154. The van der Waals surface area contributed by atoms with Gasteiger partial charge in [0.15, 0.2) is 5.82 Å². The van der Waals surface area contributed by atoms with Crippen LogP contribution in [-0.4, -0.2) is 33.1 Å². The lowest BCUT2D eigenvalue weighted by Gasteiger charge is -2.18. The van der Waals surface area contributed by atoms with Gasteiger partial charge in [-0.05, 0) is 29.7 Å². The summed E-state index contributed by atoms with van der Waals surface area (Å²) in [6, 6.07) is 5.64. The lowest BCUT2D eigenvalue weighted by Crippen LogP contribution is -2.30. The standard InChI is InChI=1S/C13H11FN2O5S/c1-21-8-2-3-9-7(4-8)5-10(17)13(12(9)14)16-6-11(18)15-22(16,19)20/h2-5,17H,6H2,1H3,(H,15,18). The first-order valence-electron chi connectivity index (χ1n) is 6.16. The van der Waals surface area contributed by atoms with Crippen LogP contribution in [0.15, 0.2) is 24.3 Å². The monoisotopic (exact) mass is 326 g/mol. The van der Waals surface area contributed by atoms with Crippen molar-refractivity contribution in [3.8, 4) is 11.5 Å². The summed E-state index contributed by atoms with van der Waals surface area (Å²) in [5.74, 6) is -1.85. The Kier molecular flexibility index (Phi) is 3.10. The molecule has 2 aromatic rings. The molecule has 7 nitrogen and oxygen atoms in total. The highest BCUT2D eigenvalue weighted by atomic mass is 32.2. The second kappa shape index (κ2) is 4.73. The summed E-state index contributed by atoms with van der Waals surface area (Å²) in [4.78, 5) is 11.3. The minimum atomic E-state index is -4.21. The number of phenols is 1. The van der Waals surface area contributed by atoms with Crippen LogP contribution in [0.1, 0.15) is 0 Å². The zero-order chi connectivity index (χ0) is 16.1. The number of carbonyl (C=O) groups is 1. The predicted octanol–water partition coefficient (Wildman–Crippen LogP) is 0.874. The lowest BCUT2D eigenvalue weighted by molar-refractivity contribution is -0.117. The zero-order valence-electron chi connectivity index (χ0n) is 11.3. The van der Waals surface area contributed by atoms with Crippen molar-refractivity contribution in [2.24, 2.45) is 0 Å². The summed E-state index contributed by atoms with van der Waals surface area (Å²) in [6.07, 6.45) is 0. The molecular formula is C13H11FN2O5S. The van der Waals surface area contributed by atoms with Crippen LogP contribution < -0.4 is 13.8 Å². The van der Waals surface area contributed by atoms with Crippen LogP contribution in [0.2, 0.25) is 0 Å². The van der Waals surface area contributed by atoms with Gasteiger partial charge >= 0.3 is 10.2 Å². The highest BCUT2D eigenvalue weighted by molar-refractivity contribution is 7.92. The maximum atomic E-state index is 14.6. The Labute approximate surface area is 125 Å². The van der Waals surface area contributed by atoms with Gasteiger partial charge in [0.1, 0.15) is 23.7 Å². The summed E-state index contributed by atoms with van der Waals surface area (Å²) in [6.45, 7) is -0.589. The van der Waals surface area contributed by atoms with Crippen LogP contribution in [0.25, 0.3) is 10.8 Å². The van der Waals surface area contributed by atoms with Gasteiger partial charge in [-0.15, -0.1) is 0 Å². The topological polar surface area (TPSA) is 95.9 Å². The third-order valence-electron chi connectivity index (χ3n) is 3.31. The number of amides is 1. The predicted molar refractivity (Wildman–Crippen MR) is 76.5 cm³/mol. The van der Waals surface area contributed by atoms with Crippen LogP contribution in [-0.2, 0) is 15.0 Å². The van der Waals surface area contributed by atoms with E-state index in [1.807, 2.05) is 0 Å². The first-order chi connectivity index (χ1) is 10.3. The van der Waals surface area contributed by atoms with Gasteiger partial charge in [0.25, 0.3) is 5.91 Å². The number of methoxy groups -OCH3 is 1. The SMILES string of the molecule is COc1ccc2c(F)c(N3CC(=O)NS3(=O)=O)c(O)cc2c1. The van der Waals surface area contributed by atoms with Gasteiger partial charge in [0.2, 0.25) is 0 Å². The number of hydrogen-bond acceptors (Lipinski definition) is 5. The number of halogens is 1. The van der Waals surface area contributed by atoms with E-state index >= 15 is 0 Å². The molecule has 0 atom stereocenters. The van der Waals surface area contributed by atoms with E-state index in [9.17, 15) is 22.7 Å². The minimum Gasteiger partial charge on any atom is -0.506 e. The molecule has 0 bridgehead atoms. The number of benzene rings is 2. The molecule has 0 spiro atoms. The minimum absolute atomic E-state index is 0.100. The number of anilines is 1. The molecule has 0 unspecified atom stereocenters. The van der Waals surface area contributed by atoms with Gasteiger partial charge < -0.3 is 9.84 Å². The molecule has 9 heteroatoms. The van der Waals surface area contributed by atoms with E-state index in [-0.39, 0.29) is 5.39 Å². The molecule has 22 heavy (non-hydrogen) atoms. The van der Waals surface area contributed by atoms with E-state index in [0.29, 0.717) is 15.4 Å². The molecule has 1 fully saturated rings. The van der Waals surface area contributed by atoms with E-state index in [1.165, 1.54) is 31.4 Å². The Morgan fingerprint density at radius 1 is 1.36 bits per heavy atom. The molecule has 116 valence electrons. The quantitative estimate of drug-likeness (QED) is 0.854. The van der Waals surface area contributed by atoms with Gasteiger partial charge in [-0.2, -0.15) is 8.42 Å². The number of ether oxygens (including phenoxy) is 1. The highest BCUT2D eigenvalue weighted by Gasteiger charge is 2.37. The van der Waals surface area contributed by atoms with Crippen molar-refractivity contribution in [3.05, 3.63) is 30.1 Å².